The molecule has 1 aliphatic heterocycles. The third kappa shape index (κ3) is 4.47. The van der Waals surface area contributed by atoms with Crippen molar-refractivity contribution in [3.63, 3.8) is 0 Å². The fourth-order valence-electron chi connectivity index (χ4n) is 5.14. The number of nitrogens with zero attached hydrogens (tertiary/aromatic N) is 7. The molecule has 1 unspecified atom stereocenters. The van der Waals surface area contributed by atoms with Crippen molar-refractivity contribution in [3.05, 3.63) is 36.4 Å². The maximum absolute atomic E-state index is 13.1. The van der Waals surface area contributed by atoms with E-state index in [9.17, 15) is 4.79 Å². The van der Waals surface area contributed by atoms with Crippen LogP contribution in [0.1, 0.15) is 52.4 Å². The first kappa shape index (κ1) is 24.0. The number of anilines is 2. The molecule has 1 amide bonds. The Morgan fingerprint density at radius 3 is 2.75 bits per heavy atom. The van der Waals surface area contributed by atoms with Crippen molar-refractivity contribution >= 4 is 39.9 Å². The highest BCUT2D eigenvalue weighted by atomic mass is 16.2. The molecule has 1 atom stereocenters. The normalized spacial score (nSPS) is 16.2. The Hall–Kier alpha value is -3.69. The topological polar surface area (TPSA) is 108 Å². The lowest BCUT2D eigenvalue weighted by molar-refractivity contribution is -0.135. The van der Waals surface area contributed by atoms with Gasteiger partial charge in [0.15, 0.2) is 17.0 Å². The predicted molar refractivity (Wildman–Crippen MR) is 142 cm³/mol. The molecule has 10 heteroatoms. The van der Waals surface area contributed by atoms with Crippen LogP contribution in [0.3, 0.4) is 0 Å². The molecule has 5 rings (SSSR count). The fraction of sp³-hybridized carbons (Fsp3) is 0.500. The number of nitrogens with one attached hydrogen (secondary N) is 2. The van der Waals surface area contributed by atoms with Gasteiger partial charge < -0.3 is 20.1 Å². The number of piperidine rings is 1. The number of imidazole rings is 2. The number of aromatic amines is 1. The van der Waals surface area contributed by atoms with Gasteiger partial charge in [-0.1, -0.05) is 12.1 Å². The Morgan fingerprint density at radius 1 is 1.19 bits per heavy atom. The molecule has 2 N–H and O–H groups in total. The summed E-state index contributed by atoms with van der Waals surface area (Å²) in [5, 5.41) is 3.40. The van der Waals surface area contributed by atoms with Gasteiger partial charge in [-0.05, 0) is 52.7 Å². The second kappa shape index (κ2) is 10.1. The van der Waals surface area contributed by atoms with Crippen LogP contribution in [0, 0.1) is 5.92 Å². The SMILES string of the molecule is CCN(CC)C(=O)C1CCCN(c2nc3c(NCc4nc5ccccc5[nH]4)ncnc3n2C(C)C)C1. The standard InChI is InChI=1S/C26H35N9O/c1-5-33(6-2)25(36)18-10-9-13-34(15-18)26-32-22-23(28-16-29-24(22)35(26)17(3)4)27-14-21-30-19-11-7-8-12-20(19)31-21/h7-8,11-12,16-18H,5-6,9-10,13-15H2,1-4H3,(H,30,31)(H,27,28,29). The first-order chi connectivity index (χ1) is 17.5. The van der Waals surface area contributed by atoms with Crippen LogP contribution in [-0.4, -0.2) is 66.5 Å². The van der Waals surface area contributed by atoms with Crippen molar-refractivity contribution in [2.24, 2.45) is 5.92 Å². The lowest BCUT2D eigenvalue weighted by Gasteiger charge is -2.35. The molecular formula is C26H35N9O. The van der Waals surface area contributed by atoms with Crippen molar-refractivity contribution in [1.82, 2.24) is 34.4 Å². The van der Waals surface area contributed by atoms with E-state index in [1.165, 1.54) is 0 Å². The van der Waals surface area contributed by atoms with E-state index in [4.69, 9.17) is 4.98 Å². The molecule has 1 aromatic carbocycles. The minimum Gasteiger partial charge on any atom is -0.361 e. The number of rotatable bonds is 8. The molecule has 0 bridgehead atoms. The number of benzene rings is 1. The third-order valence-corrected chi connectivity index (χ3v) is 6.97. The average molecular weight is 490 g/mol. The van der Waals surface area contributed by atoms with Crippen molar-refractivity contribution in [1.29, 1.82) is 0 Å². The molecule has 1 aliphatic rings. The minimum absolute atomic E-state index is 0.0177. The quantitative estimate of drug-likeness (QED) is 0.385. The summed E-state index contributed by atoms with van der Waals surface area (Å²) >= 11 is 0. The lowest BCUT2D eigenvalue weighted by Crippen LogP contribution is -2.45. The highest BCUT2D eigenvalue weighted by molar-refractivity contribution is 5.86. The predicted octanol–water partition coefficient (Wildman–Crippen LogP) is 3.98. The molecule has 190 valence electrons. The smallest absolute Gasteiger partial charge is 0.227 e. The van der Waals surface area contributed by atoms with Gasteiger partial charge in [0.2, 0.25) is 11.9 Å². The van der Waals surface area contributed by atoms with E-state index in [0.29, 0.717) is 18.9 Å². The van der Waals surface area contributed by atoms with Gasteiger partial charge in [-0.15, -0.1) is 0 Å². The van der Waals surface area contributed by atoms with Crippen LogP contribution in [-0.2, 0) is 11.3 Å². The molecule has 0 spiro atoms. The van der Waals surface area contributed by atoms with Gasteiger partial charge in [0, 0.05) is 32.2 Å². The number of para-hydroxylation sites is 2. The van der Waals surface area contributed by atoms with Crippen LogP contribution >= 0.6 is 0 Å². The summed E-state index contributed by atoms with van der Waals surface area (Å²) < 4.78 is 2.16. The van der Waals surface area contributed by atoms with Crippen molar-refractivity contribution < 1.29 is 4.79 Å². The van der Waals surface area contributed by atoms with Gasteiger partial charge in [-0.25, -0.2) is 19.9 Å². The van der Waals surface area contributed by atoms with Gasteiger partial charge in [0.25, 0.3) is 0 Å². The molecule has 0 radical (unpaired) electrons. The summed E-state index contributed by atoms with van der Waals surface area (Å²) in [4.78, 5) is 39.4. The number of hydrogen-bond donors (Lipinski definition) is 2. The average Bonchev–Trinajstić information content (AvgIpc) is 3.50. The molecule has 36 heavy (non-hydrogen) atoms. The Labute approximate surface area is 211 Å². The highest BCUT2D eigenvalue weighted by Gasteiger charge is 2.31. The van der Waals surface area contributed by atoms with Crippen molar-refractivity contribution in [3.8, 4) is 0 Å². The summed E-state index contributed by atoms with van der Waals surface area (Å²) in [7, 11) is 0. The number of hydrogen-bond acceptors (Lipinski definition) is 7. The number of carbonyl (C=O) groups is 1. The number of fused-ring (bicyclic) bond motifs is 2. The highest BCUT2D eigenvalue weighted by Crippen LogP contribution is 2.31. The fourth-order valence-corrected chi connectivity index (χ4v) is 5.14. The van der Waals surface area contributed by atoms with Crippen LogP contribution in [0.5, 0.6) is 0 Å². The maximum atomic E-state index is 13.1. The first-order valence-corrected chi connectivity index (χ1v) is 12.9. The van der Waals surface area contributed by atoms with E-state index < -0.39 is 0 Å². The van der Waals surface area contributed by atoms with E-state index in [-0.39, 0.29) is 17.9 Å². The van der Waals surface area contributed by atoms with Crippen LogP contribution in [0.2, 0.25) is 0 Å². The minimum atomic E-state index is -0.0177. The van der Waals surface area contributed by atoms with Crippen molar-refractivity contribution in [2.75, 3.05) is 36.4 Å². The Kier molecular flexibility index (Phi) is 6.75. The number of H-pyrrole nitrogens is 1. The summed E-state index contributed by atoms with van der Waals surface area (Å²) in [6, 6.07) is 8.14. The molecule has 1 saturated heterocycles. The van der Waals surface area contributed by atoms with Gasteiger partial charge in [-0.2, -0.15) is 0 Å². The Balaban J connectivity index is 1.43. The van der Waals surface area contributed by atoms with E-state index in [1.54, 1.807) is 6.33 Å². The zero-order valence-corrected chi connectivity index (χ0v) is 21.5. The van der Waals surface area contributed by atoms with E-state index in [1.807, 2.05) is 43.0 Å². The van der Waals surface area contributed by atoms with Crippen LogP contribution in [0.25, 0.3) is 22.2 Å². The molecule has 1 fully saturated rings. The zero-order chi connectivity index (χ0) is 25.2. The molecule has 4 heterocycles. The van der Waals surface area contributed by atoms with Crippen LogP contribution in [0.4, 0.5) is 11.8 Å². The molecule has 4 aromatic rings. The Bertz CT molecular complexity index is 1320. The van der Waals surface area contributed by atoms with Crippen LogP contribution < -0.4 is 10.2 Å². The van der Waals surface area contributed by atoms with E-state index in [2.05, 4.69) is 48.6 Å². The molecule has 0 aliphatic carbocycles. The largest absolute Gasteiger partial charge is 0.361 e. The second-order valence-electron chi connectivity index (χ2n) is 9.62. The first-order valence-electron chi connectivity index (χ1n) is 12.9. The number of amides is 1. The van der Waals surface area contributed by atoms with Gasteiger partial charge >= 0.3 is 0 Å². The Morgan fingerprint density at radius 2 is 2.00 bits per heavy atom. The number of aromatic nitrogens is 6. The maximum Gasteiger partial charge on any atom is 0.227 e. The second-order valence-corrected chi connectivity index (χ2v) is 9.62. The van der Waals surface area contributed by atoms with E-state index >= 15 is 0 Å². The van der Waals surface area contributed by atoms with E-state index in [0.717, 1.165) is 66.4 Å². The molecule has 3 aromatic heterocycles. The van der Waals surface area contributed by atoms with Gasteiger partial charge in [-0.3, -0.25) is 9.36 Å². The zero-order valence-electron chi connectivity index (χ0n) is 21.5. The molecule has 0 saturated carbocycles. The summed E-state index contributed by atoms with van der Waals surface area (Å²) in [5.41, 5.74) is 3.47. The molecular weight excluding hydrogens is 454 g/mol. The monoisotopic (exact) mass is 489 g/mol. The van der Waals surface area contributed by atoms with Crippen molar-refractivity contribution in [2.45, 2.75) is 53.1 Å². The van der Waals surface area contributed by atoms with Gasteiger partial charge in [0.1, 0.15) is 12.2 Å². The molecule has 10 nitrogen and oxygen atoms in total. The van der Waals surface area contributed by atoms with Crippen LogP contribution in [0.15, 0.2) is 30.6 Å². The summed E-state index contributed by atoms with van der Waals surface area (Å²) in [6.07, 6.45) is 3.45. The lowest BCUT2D eigenvalue weighted by atomic mass is 9.96. The third-order valence-electron chi connectivity index (χ3n) is 6.97. The van der Waals surface area contributed by atoms with Gasteiger partial charge in [0.05, 0.1) is 23.5 Å². The summed E-state index contributed by atoms with van der Waals surface area (Å²) in [5.74, 6) is 2.58. The number of carbonyl (C=O) groups excluding carboxylic acids is 1. The summed E-state index contributed by atoms with van der Waals surface area (Å²) in [6.45, 7) is 11.9.